The molecule has 2 heterocycles. The zero-order chi connectivity index (χ0) is 13.2. The Morgan fingerprint density at radius 3 is 3.00 bits per heavy atom. The van der Waals surface area contributed by atoms with Crippen LogP contribution in [0.25, 0.3) is 5.52 Å². The van der Waals surface area contributed by atoms with Crippen molar-refractivity contribution in [2.24, 2.45) is 5.41 Å². The van der Waals surface area contributed by atoms with Crippen LogP contribution in [0.1, 0.15) is 24.2 Å². The zero-order valence-corrected chi connectivity index (χ0v) is 10.4. The average Bonchev–Trinajstić information content (AvgIpc) is 2.80. The summed E-state index contributed by atoms with van der Waals surface area (Å²) in [5.41, 5.74) is 0.810. The SMILES string of the molecule is CC(C)(CO)CNC(=O)c1cnn2ccncc12. The van der Waals surface area contributed by atoms with Crippen LogP contribution in [0.3, 0.4) is 0 Å². The molecule has 18 heavy (non-hydrogen) atoms. The summed E-state index contributed by atoms with van der Waals surface area (Å²) in [5, 5.41) is 16.0. The van der Waals surface area contributed by atoms with E-state index in [1.165, 1.54) is 6.20 Å². The summed E-state index contributed by atoms with van der Waals surface area (Å²) >= 11 is 0. The van der Waals surface area contributed by atoms with Crippen LogP contribution in [0, 0.1) is 5.41 Å². The van der Waals surface area contributed by atoms with Crippen LogP contribution in [0.15, 0.2) is 24.8 Å². The van der Waals surface area contributed by atoms with Crippen molar-refractivity contribution in [3.63, 3.8) is 0 Å². The molecule has 2 aromatic rings. The molecule has 1 amide bonds. The highest BCUT2D eigenvalue weighted by Crippen LogP contribution is 2.13. The maximum atomic E-state index is 12.0. The number of fused-ring (bicyclic) bond motifs is 1. The third-order valence-electron chi connectivity index (χ3n) is 2.72. The molecule has 0 atom stereocenters. The van der Waals surface area contributed by atoms with Gasteiger partial charge in [-0.25, -0.2) is 4.52 Å². The van der Waals surface area contributed by atoms with Crippen molar-refractivity contribution in [3.05, 3.63) is 30.4 Å². The number of aromatic nitrogens is 3. The van der Waals surface area contributed by atoms with Crippen LogP contribution < -0.4 is 5.32 Å². The van der Waals surface area contributed by atoms with E-state index in [4.69, 9.17) is 5.11 Å². The van der Waals surface area contributed by atoms with E-state index in [0.717, 1.165) is 0 Å². The van der Waals surface area contributed by atoms with Crippen molar-refractivity contribution in [2.45, 2.75) is 13.8 Å². The maximum Gasteiger partial charge on any atom is 0.255 e. The number of hydrogen-bond acceptors (Lipinski definition) is 4. The van der Waals surface area contributed by atoms with Gasteiger partial charge in [-0.15, -0.1) is 0 Å². The van der Waals surface area contributed by atoms with Gasteiger partial charge in [0.1, 0.15) is 0 Å². The lowest BCUT2D eigenvalue weighted by Gasteiger charge is -2.21. The van der Waals surface area contributed by atoms with Crippen LogP contribution in [-0.2, 0) is 0 Å². The zero-order valence-electron chi connectivity index (χ0n) is 10.4. The molecule has 0 fully saturated rings. The first-order valence-electron chi connectivity index (χ1n) is 5.70. The molecule has 0 bridgehead atoms. The van der Waals surface area contributed by atoms with Crippen molar-refractivity contribution in [1.82, 2.24) is 19.9 Å². The van der Waals surface area contributed by atoms with Gasteiger partial charge in [0, 0.05) is 31.0 Å². The average molecular weight is 248 g/mol. The summed E-state index contributed by atoms with van der Waals surface area (Å²) in [6.07, 6.45) is 6.40. The number of nitrogens with one attached hydrogen (secondary N) is 1. The van der Waals surface area contributed by atoms with Crippen LogP contribution >= 0.6 is 0 Å². The van der Waals surface area contributed by atoms with E-state index >= 15 is 0 Å². The molecule has 0 radical (unpaired) electrons. The summed E-state index contributed by atoms with van der Waals surface area (Å²) in [5.74, 6) is -0.209. The first-order chi connectivity index (χ1) is 8.53. The predicted molar refractivity (Wildman–Crippen MR) is 66.2 cm³/mol. The second-order valence-corrected chi connectivity index (χ2v) is 4.97. The van der Waals surface area contributed by atoms with Gasteiger partial charge in [-0.2, -0.15) is 5.10 Å². The van der Waals surface area contributed by atoms with Crippen molar-refractivity contribution in [2.75, 3.05) is 13.2 Å². The second-order valence-electron chi connectivity index (χ2n) is 4.97. The van der Waals surface area contributed by atoms with E-state index in [0.29, 0.717) is 17.6 Å². The fraction of sp³-hybridized carbons (Fsp3) is 0.417. The van der Waals surface area contributed by atoms with Crippen LogP contribution in [0.2, 0.25) is 0 Å². The van der Waals surface area contributed by atoms with E-state index in [1.807, 2.05) is 13.8 Å². The Balaban J connectivity index is 2.14. The number of nitrogens with zero attached hydrogens (tertiary/aromatic N) is 3. The monoisotopic (exact) mass is 248 g/mol. The Hall–Kier alpha value is -1.95. The summed E-state index contributed by atoms with van der Waals surface area (Å²) in [6.45, 7) is 4.18. The van der Waals surface area contributed by atoms with Crippen molar-refractivity contribution < 1.29 is 9.90 Å². The molecule has 6 nitrogen and oxygen atoms in total. The molecule has 0 spiro atoms. The summed E-state index contributed by atoms with van der Waals surface area (Å²) in [6, 6.07) is 0. The first kappa shape index (κ1) is 12.5. The van der Waals surface area contributed by atoms with Gasteiger partial charge >= 0.3 is 0 Å². The molecular weight excluding hydrogens is 232 g/mol. The molecule has 0 aromatic carbocycles. The Morgan fingerprint density at radius 2 is 2.28 bits per heavy atom. The molecule has 0 aliphatic carbocycles. The predicted octanol–water partition coefficient (Wildman–Crippen LogP) is 0.478. The Morgan fingerprint density at radius 1 is 1.50 bits per heavy atom. The summed E-state index contributed by atoms with van der Waals surface area (Å²) < 4.78 is 1.60. The third kappa shape index (κ3) is 2.48. The number of aliphatic hydroxyl groups excluding tert-OH is 1. The summed E-state index contributed by atoms with van der Waals surface area (Å²) in [4.78, 5) is 16.0. The molecular formula is C12H16N4O2. The number of carbonyl (C=O) groups is 1. The number of rotatable bonds is 4. The lowest BCUT2D eigenvalue weighted by molar-refractivity contribution is 0.0912. The van der Waals surface area contributed by atoms with Crippen molar-refractivity contribution in [1.29, 1.82) is 0 Å². The third-order valence-corrected chi connectivity index (χ3v) is 2.72. The highest BCUT2D eigenvalue weighted by atomic mass is 16.3. The normalized spacial score (nSPS) is 11.7. The molecule has 0 aliphatic heterocycles. The number of hydrogen-bond donors (Lipinski definition) is 2. The Labute approximate surface area is 105 Å². The topological polar surface area (TPSA) is 79.5 Å². The second kappa shape index (κ2) is 4.73. The van der Waals surface area contributed by atoms with E-state index in [-0.39, 0.29) is 17.9 Å². The van der Waals surface area contributed by atoms with Crippen LogP contribution in [0.5, 0.6) is 0 Å². The first-order valence-corrected chi connectivity index (χ1v) is 5.70. The van der Waals surface area contributed by atoms with Crippen LogP contribution in [-0.4, -0.2) is 38.8 Å². The highest BCUT2D eigenvalue weighted by Gasteiger charge is 2.19. The van der Waals surface area contributed by atoms with Gasteiger partial charge in [-0.3, -0.25) is 9.78 Å². The lowest BCUT2D eigenvalue weighted by atomic mass is 9.95. The van der Waals surface area contributed by atoms with Crippen molar-refractivity contribution >= 4 is 11.4 Å². The molecule has 0 unspecified atom stereocenters. The minimum Gasteiger partial charge on any atom is -0.396 e. The van der Waals surface area contributed by atoms with Gasteiger partial charge < -0.3 is 10.4 Å². The van der Waals surface area contributed by atoms with Gasteiger partial charge in [0.15, 0.2) is 0 Å². The molecule has 0 saturated carbocycles. The van der Waals surface area contributed by atoms with Gasteiger partial charge in [-0.05, 0) is 0 Å². The fourth-order valence-electron chi connectivity index (χ4n) is 1.48. The Bertz CT molecular complexity index is 562. The molecule has 6 heteroatoms. The lowest BCUT2D eigenvalue weighted by Crippen LogP contribution is -2.36. The minimum absolute atomic E-state index is 0.0175. The number of amides is 1. The van der Waals surface area contributed by atoms with E-state index in [2.05, 4.69) is 15.4 Å². The van der Waals surface area contributed by atoms with E-state index < -0.39 is 0 Å². The largest absolute Gasteiger partial charge is 0.396 e. The Kier molecular flexibility index (Phi) is 3.29. The van der Waals surface area contributed by atoms with Crippen LogP contribution in [0.4, 0.5) is 0 Å². The minimum atomic E-state index is -0.336. The molecule has 2 rings (SSSR count). The highest BCUT2D eigenvalue weighted by molar-refractivity contribution is 6.00. The molecule has 96 valence electrons. The standard InChI is InChI=1S/C12H16N4O2/c1-12(2,8-17)7-14-11(18)9-5-15-16-4-3-13-6-10(9)16/h3-6,17H,7-8H2,1-2H3,(H,14,18). The quantitative estimate of drug-likeness (QED) is 0.824. The number of aliphatic hydroxyl groups is 1. The van der Waals surface area contributed by atoms with E-state index in [9.17, 15) is 4.79 Å². The van der Waals surface area contributed by atoms with Crippen molar-refractivity contribution in [3.8, 4) is 0 Å². The van der Waals surface area contributed by atoms with Gasteiger partial charge in [0.05, 0.1) is 23.5 Å². The molecule has 0 saturated heterocycles. The van der Waals surface area contributed by atoms with Gasteiger partial charge in [-0.1, -0.05) is 13.8 Å². The number of carbonyl (C=O) groups excluding carboxylic acids is 1. The summed E-state index contributed by atoms with van der Waals surface area (Å²) in [7, 11) is 0. The van der Waals surface area contributed by atoms with Gasteiger partial charge in [0.2, 0.25) is 0 Å². The smallest absolute Gasteiger partial charge is 0.255 e. The van der Waals surface area contributed by atoms with E-state index in [1.54, 1.807) is 23.1 Å². The fourth-order valence-corrected chi connectivity index (χ4v) is 1.48. The molecule has 2 N–H and O–H groups in total. The van der Waals surface area contributed by atoms with Gasteiger partial charge in [0.25, 0.3) is 5.91 Å². The molecule has 0 aliphatic rings. The molecule has 2 aromatic heterocycles. The maximum absolute atomic E-state index is 12.0.